The van der Waals surface area contributed by atoms with Crippen molar-refractivity contribution in [3.63, 3.8) is 0 Å². The minimum absolute atomic E-state index is 0.125. The molecule has 0 aliphatic carbocycles. The average molecular weight is 354 g/mol. The van der Waals surface area contributed by atoms with Crippen LogP contribution in [0.15, 0.2) is 29.2 Å². The van der Waals surface area contributed by atoms with Gasteiger partial charge in [0.1, 0.15) is 10.6 Å². The summed E-state index contributed by atoms with van der Waals surface area (Å²) >= 11 is 1.09. The molecule has 0 saturated carbocycles. The van der Waals surface area contributed by atoms with Gasteiger partial charge in [0.2, 0.25) is 0 Å². The van der Waals surface area contributed by atoms with E-state index in [0.717, 1.165) is 11.5 Å². The summed E-state index contributed by atoms with van der Waals surface area (Å²) in [6, 6.07) is 5.41. The summed E-state index contributed by atoms with van der Waals surface area (Å²) < 4.78 is 3.82. The van der Waals surface area contributed by atoms with Crippen LogP contribution < -0.4 is 5.56 Å². The normalized spacial score (nSPS) is 13.6. The molecule has 1 aliphatic heterocycles. The van der Waals surface area contributed by atoms with Crippen LogP contribution in [-0.2, 0) is 13.0 Å². The molecule has 3 aromatic rings. The summed E-state index contributed by atoms with van der Waals surface area (Å²) in [6.45, 7) is 2.52. The van der Waals surface area contributed by atoms with Crippen molar-refractivity contribution >= 4 is 17.4 Å². The lowest BCUT2D eigenvalue weighted by Crippen LogP contribution is -2.39. The standard InChI is InChI=1S/C16H14N6O2S/c1-9-13(25-21-20-9)16(24)22-7-5-10-12(8-22)18-14(19-15(10)23)11-4-2-3-6-17-11/h2-4,6H,5,7-8H2,1H3,(H,18,19,23). The van der Waals surface area contributed by atoms with Crippen LogP contribution in [0.5, 0.6) is 0 Å². The van der Waals surface area contributed by atoms with Crippen molar-refractivity contribution in [3.05, 3.63) is 56.6 Å². The SMILES string of the molecule is Cc1nnsc1C(=O)N1CCc2c(nc(-c3ccccn3)[nH]c2=O)C1. The number of aryl methyl sites for hydroxylation is 1. The maximum atomic E-state index is 12.7. The first-order valence-electron chi connectivity index (χ1n) is 7.75. The highest BCUT2D eigenvalue weighted by atomic mass is 32.1. The number of pyridine rings is 1. The third-order valence-corrected chi connectivity index (χ3v) is 4.93. The Morgan fingerprint density at radius 3 is 2.96 bits per heavy atom. The van der Waals surface area contributed by atoms with Crippen LogP contribution in [0, 0.1) is 6.92 Å². The number of hydrogen-bond acceptors (Lipinski definition) is 7. The molecule has 1 aliphatic rings. The molecule has 1 N–H and O–H groups in total. The number of aromatic nitrogens is 5. The molecule has 0 bridgehead atoms. The fourth-order valence-electron chi connectivity index (χ4n) is 2.81. The minimum atomic E-state index is -0.173. The molecular weight excluding hydrogens is 340 g/mol. The Hall–Kier alpha value is -2.94. The number of nitrogens with zero attached hydrogens (tertiary/aromatic N) is 5. The molecule has 0 spiro atoms. The molecule has 0 fully saturated rings. The van der Waals surface area contributed by atoms with Crippen molar-refractivity contribution in [1.82, 2.24) is 29.4 Å². The molecule has 4 rings (SSSR count). The van der Waals surface area contributed by atoms with Crippen LogP contribution in [0.1, 0.15) is 26.6 Å². The summed E-state index contributed by atoms with van der Waals surface area (Å²) in [7, 11) is 0. The Bertz CT molecular complexity index is 997. The molecule has 0 aromatic carbocycles. The van der Waals surface area contributed by atoms with Crippen molar-refractivity contribution in [3.8, 4) is 11.5 Å². The molecule has 25 heavy (non-hydrogen) atoms. The van der Waals surface area contributed by atoms with Gasteiger partial charge in [-0.25, -0.2) is 4.98 Å². The van der Waals surface area contributed by atoms with Crippen molar-refractivity contribution in [2.75, 3.05) is 6.54 Å². The van der Waals surface area contributed by atoms with Gasteiger partial charge in [0, 0.05) is 18.3 Å². The predicted molar refractivity (Wildman–Crippen MR) is 91.2 cm³/mol. The lowest BCUT2D eigenvalue weighted by atomic mass is 10.1. The molecule has 8 nitrogen and oxygen atoms in total. The highest BCUT2D eigenvalue weighted by molar-refractivity contribution is 7.07. The molecule has 3 aromatic heterocycles. The largest absolute Gasteiger partial charge is 0.332 e. The predicted octanol–water partition coefficient (Wildman–Crippen LogP) is 1.19. The van der Waals surface area contributed by atoms with Gasteiger partial charge in [-0.15, -0.1) is 5.10 Å². The fourth-order valence-corrected chi connectivity index (χ4v) is 3.43. The Labute approximate surface area is 146 Å². The van der Waals surface area contributed by atoms with E-state index >= 15 is 0 Å². The Kier molecular flexibility index (Phi) is 3.85. The zero-order chi connectivity index (χ0) is 17.4. The molecule has 0 radical (unpaired) electrons. The first kappa shape index (κ1) is 15.6. The number of carbonyl (C=O) groups is 1. The first-order valence-corrected chi connectivity index (χ1v) is 8.52. The van der Waals surface area contributed by atoms with Crippen LogP contribution in [0.25, 0.3) is 11.5 Å². The second-order valence-corrected chi connectivity index (χ2v) is 6.47. The second-order valence-electron chi connectivity index (χ2n) is 5.72. The number of rotatable bonds is 2. The Balaban J connectivity index is 1.68. The van der Waals surface area contributed by atoms with Crippen molar-refractivity contribution in [2.45, 2.75) is 19.9 Å². The van der Waals surface area contributed by atoms with Gasteiger partial charge in [-0.1, -0.05) is 10.6 Å². The van der Waals surface area contributed by atoms with E-state index in [1.807, 2.05) is 6.07 Å². The lowest BCUT2D eigenvalue weighted by Gasteiger charge is -2.27. The van der Waals surface area contributed by atoms with Gasteiger partial charge in [-0.05, 0) is 37.0 Å². The van der Waals surface area contributed by atoms with Crippen LogP contribution >= 0.6 is 11.5 Å². The summed E-state index contributed by atoms with van der Waals surface area (Å²) in [4.78, 5) is 38.8. The maximum Gasteiger partial charge on any atom is 0.267 e. The molecule has 126 valence electrons. The molecule has 0 atom stereocenters. The summed E-state index contributed by atoms with van der Waals surface area (Å²) in [5.74, 6) is 0.286. The highest BCUT2D eigenvalue weighted by Crippen LogP contribution is 2.20. The highest BCUT2D eigenvalue weighted by Gasteiger charge is 2.27. The maximum absolute atomic E-state index is 12.7. The van der Waals surface area contributed by atoms with E-state index in [1.54, 1.807) is 30.2 Å². The van der Waals surface area contributed by atoms with E-state index in [0.29, 0.717) is 46.3 Å². The van der Waals surface area contributed by atoms with E-state index in [-0.39, 0.29) is 18.0 Å². The van der Waals surface area contributed by atoms with Gasteiger partial charge >= 0.3 is 0 Å². The van der Waals surface area contributed by atoms with Crippen molar-refractivity contribution in [1.29, 1.82) is 0 Å². The number of hydrogen-bond donors (Lipinski definition) is 1. The average Bonchev–Trinajstić information content (AvgIpc) is 3.07. The van der Waals surface area contributed by atoms with Gasteiger partial charge in [0.25, 0.3) is 11.5 Å². The van der Waals surface area contributed by atoms with Crippen molar-refractivity contribution < 1.29 is 4.79 Å². The van der Waals surface area contributed by atoms with Crippen LogP contribution in [0.4, 0.5) is 0 Å². The molecule has 9 heteroatoms. The van der Waals surface area contributed by atoms with Gasteiger partial charge in [-0.2, -0.15) is 0 Å². The van der Waals surface area contributed by atoms with E-state index in [4.69, 9.17) is 0 Å². The van der Waals surface area contributed by atoms with E-state index in [9.17, 15) is 9.59 Å². The fraction of sp³-hybridized carbons (Fsp3) is 0.250. The molecule has 4 heterocycles. The van der Waals surface area contributed by atoms with Gasteiger partial charge in [0.15, 0.2) is 5.82 Å². The van der Waals surface area contributed by atoms with Gasteiger partial charge in [-0.3, -0.25) is 14.6 Å². The molecule has 1 amide bonds. The smallest absolute Gasteiger partial charge is 0.267 e. The summed E-state index contributed by atoms with van der Waals surface area (Å²) in [5.41, 5.74) is 2.28. The van der Waals surface area contributed by atoms with Crippen molar-refractivity contribution in [2.24, 2.45) is 0 Å². The Morgan fingerprint density at radius 1 is 1.36 bits per heavy atom. The third-order valence-electron chi connectivity index (χ3n) is 4.11. The number of nitrogens with one attached hydrogen (secondary N) is 1. The topological polar surface area (TPSA) is 105 Å². The van der Waals surface area contributed by atoms with E-state index in [1.165, 1.54) is 0 Å². The number of amides is 1. The number of aromatic amines is 1. The first-order chi connectivity index (χ1) is 12.1. The zero-order valence-corrected chi connectivity index (χ0v) is 14.2. The molecule has 0 saturated heterocycles. The van der Waals surface area contributed by atoms with E-state index < -0.39 is 0 Å². The monoisotopic (exact) mass is 354 g/mol. The lowest BCUT2D eigenvalue weighted by molar-refractivity contribution is 0.0735. The minimum Gasteiger partial charge on any atom is -0.332 e. The van der Waals surface area contributed by atoms with E-state index in [2.05, 4.69) is 24.5 Å². The Morgan fingerprint density at radius 2 is 2.24 bits per heavy atom. The molecule has 0 unspecified atom stereocenters. The number of fused-ring (bicyclic) bond motifs is 1. The van der Waals surface area contributed by atoms with Crippen LogP contribution in [0.3, 0.4) is 0 Å². The number of carbonyl (C=O) groups excluding carboxylic acids is 1. The number of H-pyrrole nitrogens is 1. The van der Waals surface area contributed by atoms with Gasteiger partial charge in [0.05, 0.1) is 17.9 Å². The zero-order valence-electron chi connectivity index (χ0n) is 13.4. The van der Waals surface area contributed by atoms with Crippen LogP contribution in [-0.4, -0.2) is 41.9 Å². The van der Waals surface area contributed by atoms with Crippen LogP contribution in [0.2, 0.25) is 0 Å². The quantitative estimate of drug-likeness (QED) is 0.741. The second kappa shape index (κ2) is 6.17. The summed E-state index contributed by atoms with van der Waals surface area (Å²) in [5, 5.41) is 3.89. The third kappa shape index (κ3) is 2.82. The molecular formula is C16H14N6O2S. The van der Waals surface area contributed by atoms with Gasteiger partial charge < -0.3 is 9.88 Å². The summed E-state index contributed by atoms with van der Waals surface area (Å²) in [6.07, 6.45) is 2.11.